The Hall–Kier alpha value is -0.480. The number of nitrogens with zero attached hydrogens (tertiary/aromatic N) is 2. The molecule has 0 fully saturated rings. The highest BCUT2D eigenvalue weighted by atomic mass is 35.5. The summed E-state index contributed by atoms with van der Waals surface area (Å²) in [6.45, 7) is 1.91. The van der Waals surface area contributed by atoms with Gasteiger partial charge in [0.1, 0.15) is 5.03 Å². The highest BCUT2D eigenvalue weighted by Crippen LogP contribution is 2.35. The van der Waals surface area contributed by atoms with E-state index in [9.17, 15) is 0 Å². The fraction of sp³-hybridized carbons (Fsp3) is 0.0909. The topological polar surface area (TPSA) is 25.8 Å². The lowest BCUT2D eigenvalue weighted by Gasteiger charge is -2.06. The second-order valence-corrected chi connectivity index (χ2v) is 5.52. The van der Waals surface area contributed by atoms with Crippen LogP contribution in [0.4, 0.5) is 0 Å². The van der Waals surface area contributed by atoms with Gasteiger partial charge in [0, 0.05) is 21.7 Å². The Morgan fingerprint density at radius 3 is 2.71 bits per heavy atom. The number of benzene rings is 1. The molecule has 0 amide bonds. The van der Waals surface area contributed by atoms with Gasteiger partial charge in [-0.15, -0.1) is 0 Å². The van der Waals surface area contributed by atoms with Gasteiger partial charge in [0.15, 0.2) is 0 Å². The molecule has 0 atom stereocenters. The van der Waals surface area contributed by atoms with E-state index in [1.54, 1.807) is 24.4 Å². The molecule has 1 aromatic heterocycles. The lowest BCUT2D eigenvalue weighted by molar-refractivity contribution is 1.00. The van der Waals surface area contributed by atoms with Gasteiger partial charge in [0.2, 0.25) is 5.28 Å². The Labute approximate surface area is 118 Å². The van der Waals surface area contributed by atoms with Gasteiger partial charge in [-0.25, -0.2) is 9.97 Å². The zero-order chi connectivity index (χ0) is 12.4. The SMILES string of the molecule is Cc1cnc(Cl)nc1Sc1cc(Cl)ccc1Cl. The molecule has 0 aliphatic carbocycles. The van der Waals surface area contributed by atoms with E-state index in [-0.39, 0.29) is 5.28 Å². The normalized spacial score (nSPS) is 10.6. The maximum absolute atomic E-state index is 6.08. The molecule has 2 aromatic rings. The van der Waals surface area contributed by atoms with E-state index in [1.165, 1.54) is 11.8 Å². The van der Waals surface area contributed by atoms with Crippen molar-refractivity contribution < 1.29 is 0 Å². The first kappa shape index (κ1) is 13.0. The second kappa shape index (κ2) is 5.44. The Bertz CT molecular complexity index is 511. The summed E-state index contributed by atoms with van der Waals surface area (Å²) in [4.78, 5) is 8.90. The molecule has 1 heterocycles. The molecular formula is C11H7Cl3N2S. The van der Waals surface area contributed by atoms with E-state index in [0.717, 1.165) is 15.5 Å². The summed E-state index contributed by atoms with van der Waals surface area (Å²) < 4.78 is 0. The monoisotopic (exact) mass is 304 g/mol. The van der Waals surface area contributed by atoms with E-state index >= 15 is 0 Å². The summed E-state index contributed by atoms with van der Waals surface area (Å²) in [5, 5.41) is 2.26. The van der Waals surface area contributed by atoms with Crippen molar-refractivity contribution >= 4 is 46.6 Å². The van der Waals surface area contributed by atoms with Gasteiger partial charge >= 0.3 is 0 Å². The van der Waals surface area contributed by atoms with Crippen LogP contribution >= 0.6 is 46.6 Å². The van der Waals surface area contributed by atoms with Crippen molar-refractivity contribution in [2.45, 2.75) is 16.8 Å². The predicted octanol–water partition coefficient (Wildman–Crippen LogP) is 4.90. The Balaban J connectivity index is 2.37. The third-order valence-corrected chi connectivity index (χ3v) is 4.02. The summed E-state index contributed by atoms with van der Waals surface area (Å²) >= 11 is 19.2. The van der Waals surface area contributed by atoms with Crippen LogP contribution in [-0.2, 0) is 0 Å². The molecule has 0 spiro atoms. The first-order valence-electron chi connectivity index (χ1n) is 4.68. The first-order valence-corrected chi connectivity index (χ1v) is 6.63. The third-order valence-electron chi connectivity index (χ3n) is 2.00. The van der Waals surface area contributed by atoms with Crippen LogP contribution < -0.4 is 0 Å². The summed E-state index contributed by atoms with van der Waals surface area (Å²) in [5.74, 6) is 0. The lowest BCUT2D eigenvalue weighted by atomic mass is 10.4. The molecule has 0 N–H and O–H groups in total. The average molecular weight is 306 g/mol. The number of halogens is 3. The van der Waals surface area contributed by atoms with Crippen LogP contribution in [-0.4, -0.2) is 9.97 Å². The molecule has 0 aliphatic heterocycles. The molecule has 0 unspecified atom stereocenters. The number of hydrogen-bond acceptors (Lipinski definition) is 3. The van der Waals surface area contributed by atoms with E-state index < -0.39 is 0 Å². The zero-order valence-electron chi connectivity index (χ0n) is 8.75. The fourth-order valence-corrected chi connectivity index (χ4v) is 2.73. The molecule has 0 saturated carbocycles. The van der Waals surface area contributed by atoms with Crippen molar-refractivity contribution in [3.05, 3.63) is 45.3 Å². The van der Waals surface area contributed by atoms with Crippen LogP contribution in [0.25, 0.3) is 0 Å². The molecule has 2 rings (SSSR count). The highest BCUT2D eigenvalue weighted by Gasteiger charge is 2.08. The number of aromatic nitrogens is 2. The maximum Gasteiger partial charge on any atom is 0.223 e. The minimum atomic E-state index is 0.219. The van der Waals surface area contributed by atoms with E-state index in [4.69, 9.17) is 34.8 Å². The van der Waals surface area contributed by atoms with Crippen LogP contribution in [0.1, 0.15) is 5.56 Å². The van der Waals surface area contributed by atoms with E-state index in [2.05, 4.69) is 9.97 Å². The molecule has 0 bridgehead atoms. The molecule has 17 heavy (non-hydrogen) atoms. The Kier molecular flexibility index (Phi) is 4.15. The van der Waals surface area contributed by atoms with Crippen molar-refractivity contribution in [3.63, 3.8) is 0 Å². The van der Waals surface area contributed by atoms with Gasteiger partial charge in [-0.1, -0.05) is 35.0 Å². The van der Waals surface area contributed by atoms with E-state index in [1.807, 2.05) is 6.92 Å². The zero-order valence-corrected chi connectivity index (χ0v) is 11.8. The summed E-state index contributed by atoms with van der Waals surface area (Å²) in [7, 11) is 0. The first-order chi connectivity index (χ1) is 8.06. The quantitative estimate of drug-likeness (QED) is 0.583. The summed E-state index contributed by atoms with van der Waals surface area (Å²) in [6.07, 6.45) is 1.68. The van der Waals surface area contributed by atoms with Crippen molar-refractivity contribution in [2.75, 3.05) is 0 Å². The molecule has 2 nitrogen and oxygen atoms in total. The summed E-state index contributed by atoms with van der Waals surface area (Å²) in [6, 6.07) is 5.29. The van der Waals surface area contributed by atoms with Gasteiger partial charge in [-0.05, 0) is 36.7 Å². The number of rotatable bonds is 2. The smallest absolute Gasteiger partial charge is 0.223 e. The second-order valence-electron chi connectivity index (χ2n) is 3.30. The van der Waals surface area contributed by atoms with Crippen LogP contribution in [0, 0.1) is 6.92 Å². The summed E-state index contributed by atoms with van der Waals surface area (Å²) in [5.41, 5.74) is 0.940. The van der Waals surface area contributed by atoms with Crippen molar-refractivity contribution in [1.29, 1.82) is 0 Å². The van der Waals surface area contributed by atoms with Crippen molar-refractivity contribution in [3.8, 4) is 0 Å². The Morgan fingerprint density at radius 1 is 1.18 bits per heavy atom. The van der Waals surface area contributed by atoms with Gasteiger partial charge in [0.05, 0.1) is 5.02 Å². The molecule has 1 aromatic carbocycles. The maximum atomic E-state index is 6.08. The van der Waals surface area contributed by atoms with Crippen molar-refractivity contribution in [1.82, 2.24) is 9.97 Å². The van der Waals surface area contributed by atoms with Crippen LogP contribution in [0.3, 0.4) is 0 Å². The molecule has 6 heteroatoms. The van der Waals surface area contributed by atoms with Gasteiger partial charge in [-0.3, -0.25) is 0 Å². The molecule has 0 radical (unpaired) electrons. The van der Waals surface area contributed by atoms with Crippen LogP contribution in [0.15, 0.2) is 34.3 Å². The largest absolute Gasteiger partial charge is 0.226 e. The number of hydrogen-bond donors (Lipinski definition) is 0. The highest BCUT2D eigenvalue weighted by molar-refractivity contribution is 7.99. The minimum Gasteiger partial charge on any atom is -0.226 e. The average Bonchev–Trinajstić information content (AvgIpc) is 2.28. The fourth-order valence-electron chi connectivity index (χ4n) is 1.17. The number of aryl methyl sites for hydroxylation is 1. The van der Waals surface area contributed by atoms with E-state index in [0.29, 0.717) is 10.0 Å². The molecule has 88 valence electrons. The van der Waals surface area contributed by atoms with Gasteiger partial charge < -0.3 is 0 Å². The van der Waals surface area contributed by atoms with Crippen molar-refractivity contribution in [2.24, 2.45) is 0 Å². The molecule has 0 aliphatic rings. The van der Waals surface area contributed by atoms with Crippen LogP contribution in [0.2, 0.25) is 15.3 Å². The standard InChI is InChI=1S/C11H7Cl3N2S/c1-6-5-15-11(14)16-10(6)17-9-4-7(12)2-3-8(9)13/h2-5H,1H3. The molecule has 0 saturated heterocycles. The Morgan fingerprint density at radius 2 is 1.94 bits per heavy atom. The lowest BCUT2D eigenvalue weighted by Crippen LogP contribution is -1.89. The third kappa shape index (κ3) is 3.26. The molecular weight excluding hydrogens is 299 g/mol. The minimum absolute atomic E-state index is 0.219. The van der Waals surface area contributed by atoms with Gasteiger partial charge in [-0.2, -0.15) is 0 Å². The van der Waals surface area contributed by atoms with Gasteiger partial charge in [0.25, 0.3) is 0 Å². The predicted molar refractivity (Wildman–Crippen MR) is 72.4 cm³/mol. The van der Waals surface area contributed by atoms with Crippen LogP contribution in [0.5, 0.6) is 0 Å².